The highest BCUT2D eigenvalue weighted by molar-refractivity contribution is 5.69. The van der Waals surface area contributed by atoms with Crippen molar-refractivity contribution in [3.63, 3.8) is 0 Å². The predicted molar refractivity (Wildman–Crippen MR) is 70.8 cm³/mol. The van der Waals surface area contributed by atoms with Gasteiger partial charge in [-0.25, -0.2) is 0 Å². The monoisotopic (exact) mass is 216 g/mol. The summed E-state index contributed by atoms with van der Waals surface area (Å²) >= 11 is 0. The van der Waals surface area contributed by atoms with E-state index in [1.165, 1.54) is 29.7 Å². The Labute approximate surface area is 98.0 Å². The molecule has 0 radical (unpaired) electrons. The van der Waals surface area contributed by atoms with Gasteiger partial charge in [0.2, 0.25) is 0 Å². The van der Waals surface area contributed by atoms with Gasteiger partial charge in [0, 0.05) is 25.8 Å². The first-order valence-electron chi connectivity index (χ1n) is 5.88. The zero-order valence-corrected chi connectivity index (χ0v) is 10.2. The minimum absolute atomic E-state index is 0.477. The second-order valence-electron chi connectivity index (χ2n) is 4.62. The van der Waals surface area contributed by atoms with E-state index in [2.05, 4.69) is 55.2 Å². The molecule has 0 bridgehead atoms. The molecule has 2 nitrogen and oxygen atoms in total. The van der Waals surface area contributed by atoms with Crippen molar-refractivity contribution >= 4 is 11.3 Å². The van der Waals surface area contributed by atoms with Crippen LogP contribution in [0.1, 0.15) is 18.4 Å². The third-order valence-corrected chi connectivity index (χ3v) is 3.24. The number of hydrogen-bond donors (Lipinski definition) is 1. The maximum atomic E-state index is 4.21. The minimum atomic E-state index is 0.477. The van der Waals surface area contributed by atoms with E-state index in [1.807, 2.05) is 0 Å². The van der Waals surface area contributed by atoms with Gasteiger partial charge in [-0.1, -0.05) is 18.7 Å². The van der Waals surface area contributed by atoms with Crippen molar-refractivity contribution in [2.75, 3.05) is 25.5 Å². The van der Waals surface area contributed by atoms with E-state index in [9.17, 15) is 0 Å². The molecule has 1 saturated heterocycles. The molecule has 1 heterocycles. The van der Waals surface area contributed by atoms with E-state index >= 15 is 0 Å². The smallest absolute Gasteiger partial charge is 0.0361 e. The molecule has 1 aromatic carbocycles. The van der Waals surface area contributed by atoms with E-state index in [-0.39, 0.29) is 0 Å². The molecule has 86 valence electrons. The molecule has 2 rings (SSSR count). The summed E-state index contributed by atoms with van der Waals surface area (Å²) < 4.78 is 0. The van der Waals surface area contributed by atoms with Crippen LogP contribution in [0.4, 0.5) is 5.69 Å². The average Bonchev–Trinajstić information content (AvgIpc) is 2.81. The highest BCUT2D eigenvalue weighted by Crippen LogP contribution is 2.24. The number of nitrogens with zero attached hydrogens (tertiary/aromatic N) is 1. The molecule has 16 heavy (non-hydrogen) atoms. The van der Waals surface area contributed by atoms with Crippen LogP contribution in [0, 0.1) is 0 Å². The summed E-state index contributed by atoms with van der Waals surface area (Å²) in [5, 5.41) is 3.48. The first-order valence-corrected chi connectivity index (χ1v) is 5.88. The molecule has 0 aliphatic carbocycles. The first kappa shape index (κ1) is 11.2. The van der Waals surface area contributed by atoms with Crippen LogP contribution in [0.2, 0.25) is 0 Å². The Bertz CT molecular complexity index is 359. The van der Waals surface area contributed by atoms with E-state index in [1.54, 1.807) is 0 Å². The molecule has 0 aromatic heterocycles. The number of anilines is 1. The third kappa shape index (κ3) is 2.27. The molecule has 1 unspecified atom stereocenters. The van der Waals surface area contributed by atoms with Gasteiger partial charge in [0.15, 0.2) is 0 Å². The Kier molecular flexibility index (Phi) is 3.30. The largest absolute Gasteiger partial charge is 0.378 e. The average molecular weight is 216 g/mol. The summed E-state index contributed by atoms with van der Waals surface area (Å²) in [6, 6.07) is 9.10. The van der Waals surface area contributed by atoms with Crippen LogP contribution >= 0.6 is 0 Å². The minimum Gasteiger partial charge on any atom is -0.378 e. The highest BCUT2D eigenvalue weighted by atomic mass is 15.1. The maximum Gasteiger partial charge on any atom is 0.0361 e. The summed E-state index contributed by atoms with van der Waals surface area (Å²) in [5.41, 5.74) is 3.71. The van der Waals surface area contributed by atoms with Crippen molar-refractivity contribution in [1.29, 1.82) is 0 Å². The van der Waals surface area contributed by atoms with Crippen LogP contribution in [0.5, 0.6) is 0 Å². The van der Waals surface area contributed by atoms with E-state index in [4.69, 9.17) is 0 Å². The molecule has 1 aliphatic rings. The molecule has 1 fully saturated rings. The van der Waals surface area contributed by atoms with Gasteiger partial charge in [0.25, 0.3) is 0 Å². The molecular formula is C14H20N2. The van der Waals surface area contributed by atoms with E-state index < -0.39 is 0 Å². The van der Waals surface area contributed by atoms with E-state index in [0.717, 1.165) is 6.54 Å². The van der Waals surface area contributed by atoms with E-state index in [0.29, 0.717) is 6.04 Å². The molecule has 1 N–H and O–H groups in total. The molecule has 1 aliphatic heterocycles. The zero-order valence-electron chi connectivity index (χ0n) is 10.2. The summed E-state index contributed by atoms with van der Waals surface area (Å²) in [4.78, 5) is 2.11. The second-order valence-corrected chi connectivity index (χ2v) is 4.62. The van der Waals surface area contributed by atoms with Crippen LogP contribution < -0.4 is 10.2 Å². The van der Waals surface area contributed by atoms with Crippen molar-refractivity contribution in [1.82, 2.24) is 5.32 Å². The summed E-state index contributed by atoms with van der Waals surface area (Å²) in [6.45, 7) is 5.33. The topological polar surface area (TPSA) is 15.3 Å². The fraction of sp³-hybridized carbons (Fsp3) is 0.429. The number of nitrogens with one attached hydrogen (secondary N) is 1. The lowest BCUT2D eigenvalue weighted by Gasteiger charge is -2.16. The van der Waals surface area contributed by atoms with Crippen molar-refractivity contribution in [3.8, 4) is 0 Å². The zero-order chi connectivity index (χ0) is 11.5. The van der Waals surface area contributed by atoms with Crippen molar-refractivity contribution in [2.45, 2.75) is 18.9 Å². The molecule has 1 aromatic rings. The Balaban J connectivity index is 2.11. The Hall–Kier alpha value is -1.28. The fourth-order valence-electron chi connectivity index (χ4n) is 2.16. The third-order valence-electron chi connectivity index (χ3n) is 3.24. The second kappa shape index (κ2) is 4.71. The number of hydrogen-bond acceptors (Lipinski definition) is 2. The van der Waals surface area contributed by atoms with Crippen LogP contribution in [0.3, 0.4) is 0 Å². The summed E-state index contributed by atoms with van der Waals surface area (Å²) in [6.07, 6.45) is 2.48. The Morgan fingerprint density at radius 1 is 1.31 bits per heavy atom. The normalized spacial score (nSPS) is 19.8. The lowest BCUT2D eigenvalue weighted by molar-refractivity contribution is 0.745. The van der Waals surface area contributed by atoms with Crippen molar-refractivity contribution in [3.05, 3.63) is 36.4 Å². The van der Waals surface area contributed by atoms with Crippen LogP contribution in [-0.2, 0) is 0 Å². The highest BCUT2D eigenvalue weighted by Gasteiger charge is 2.17. The summed E-state index contributed by atoms with van der Waals surface area (Å²) in [5.74, 6) is 0. The molecule has 0 spiro atoms. The van der Waals surface area contributed by atoms with Crippen LogP contribution in [0.25, 0.3) is 5.57 Å². The summed E-state index contributed by atoms with van der Waals surface area (Å²) in [7, 11) is 4.12. The standard InChI is InChI=1S/C14H20N2/c1-11(14-5-4-10-15-14)12-6-8-13(9-7-12)16(2)3/h6-9,14-15H,1,4-5,10H2,2-3H3. The number of rotatable bonds is 3. The number of benzene rings is 1. The molecule has 1 atom stereocenters. The van der Waals surface area contributed by atoms with Crippen LogP contribution in [0.15, 0.2) is 30.8 Å². The van der Waals surface area contributed by atoms with Gasteiger partial charge in [-0.15, -0.1) is 0 Å². The van der Waals surface area contributed by atoms with Gasteiger partial charge in [-0.2, -0.15) is 0 Å². The quantitative estimate of drug-likeness (QED) is 0.835. The molecule has 2 heteroatoms. The SMILES string of the molecule is C=C(c1ccc(N(C)C)cc1)C1CCCN1. The fourth-order valence-corrected chi connectivity index (χ4v) is 2.16. The Morgan fingerprint density at radius 2 is 2.00 bits per heavy atom. The van der Waals surface area contributed by atoms with Gasteiger partial charge < -0.3 is 10.2 Å². The van der Waals surface area contributed by atoms with Crippen molar-refractivity contribution < 1.29 is 0 Å². The van der Waals surface area contributed by atoms with Gasteiger partial charge in [-0.05, 0) is 42.7 Å². The first-order chi connectivity index (χ1) is 7.68. The molecule has 0 saturated carbocycles. The van der Waals surface area contributed by atoms with Crippen LogP contribution in [-0.4, -0.2) is 26.7 Å². The molecular weight excluding hydrogens is 196 g/mol. The van der Waals surface area contributed by atoms with Crippen molar-refractivity contribution in [2.24, 2.45) is 0 Å². The van der Waals surface area contributed by atoms with Gasteiger partial charge in [0.1, 0.15) is 0 Å². The lowest BCUT2D eigenvalue weighted by atomic mass is 9.99. The predicted octanol–water partition coefficient (Wildman–Crippen LogP) is 2.52. The van der Waals surface area contributed by atoms with Gasteiger partial charge >= 0.3 is 0 Å². The Morgan fingerprint density at radius 3 is 2.50 bits per heavy atom. The van der Waals surface area contributed by atoms with Gasteiger partial charge in [0.05, 0.1) is 0 Å². The molecule has 0 amide bonds. The van der Waals surface area contributed by atoms with Gasteiger partial charge in [-0.3, -0.25) is 0 Å². The lowest BCUT2D eigenvalue weighted by Crippen LogP contribution is -2.22. The maximum absolute atomic E-state index is 4.21.